The zero-order valence-corrected chi connectivity index (χ0v) is 11.5. The van der Waals surface area contributed by atoms with Crippen LogP contribution in [-0.4, -0.2) is 26.6 Å². The number of aromatic amines is 1. The minimum atomic E-state index is -0.255. The number of imidazole rings is 1. The van der Waals surface area contributed by atoms with Gasteiger partial charge in [-0.1, -0.05) is 11.6 Å². The molecule has 20 heavy (non-hydrogen) atoms. The first-order chi connectivity index (χ1) is 9.60. The van der Waals surface area contributed by atoms with Gasteiger partial charge in [-0.25, -0.2) is 9.97 Å². The van der Waals surface area contributed by atoms with Crippen molar-refractivity contribution in [2.75, 3.05) is 7.11 Å². The number of nitrogens with one attached hydrogen (secondary N) is 1. The number of rotatable bonds is 2. The molecule has 0 aliphatic carbocycles. The minimum absolute atomic E-state index is 0.255. The van der Waals surface area contributed by atoms with Crippen LogP contribution in [-0.2, 0) is 7.05 Å². The number of aromatic nitrogens is 4. The van der Waals surface area contributed by atoms with E-state index in [0.717, 1.165) is 11.1 Å². The van der Waals surface area contributed by atoms with Crippen LogP contribution in [0.3, 0.4) is 0 Å². The molecule has 0 saturated carbocycles. The Kier molecular flexibility index (Phi) is 2.78. The number of methoxy groups -OCH3 is 1. The van der Waals surface area contributed by atoms with Gasteiger partial charge in [-0.15, -0.1) is 0 Å². The Hall–Kier alpha value is -2.63. The smallest absolute Gasteiger partial charge is 0.279 e. The molecule has 0 aliphatic rings. The number of benzene rings is 1. The van der Waals surface area contributed by atoms with Gasteiger partial charge in [0.25, 0.3) is 5.56 Å². The predicted molar refractivity (Wildman–Crippen MR) is 75.9 cm³/mol. The van der Waals surface area contributed by atoms with E-state index >= 15 is 0 Å². The summed E-state index contributed by atoms with van der Waals surface area (Å²) in [5.41, 5.74) is 2.45. The molecule has 1 N–H and O–H groups in total. The Morgan fingerprint density at radius 1 is 1.35 bits per heavy atom. The fourth-order valence-corrected chi connectivity index (χ4v) is 2.15. The van der Waals surface area contributed by atoms with Crippen molar-refractivity contribution in [2.24, 2.45) is 7.05 Å². The molecule has 0 saturated heterocycles. The van der Waals surface area contributed by atoms with Crippen molar-refractivity contribution >= 4 is 11.2 Å². The Labute approximate surface area is 115 Å². The van der Waals surface area contributed by atoms with Gasteiger partial charge in [0, 0.05) is 7.05 Å². The number of ether oxygens (including phenoxy) is 1. The number of fused-ring (bicyclic) bond motifs is 1. The van der Waals surface area contributed by atoms with Gasteiger partial charge in [0.1, 0.15) is 11.6 Å². The lowest BCUT2D eigenvalue weighted by atomic mass is 10.1. The molecule has 3 aromatic rings. The third kappa shape index (κ3) is 1.85. The fourth-order valence-electron chi connectivity index (χ4n) is 2.15. The Morgan fingerprint density at radius 2 is 2.15 bits per heavy atom. The molecule has 0 radical (unpaired) electrons. The summed E-state index contributed by atoms with van der Waals surface area (Å²) in [6.07, 6.45) is 1.57. The van der Waals surface area contributed by atoms with E-state index in [-0.39, 0.29) is 5.56 Å². The average molecular weight is 270 g/mol. The average Bonchev–Trinajstić information content (AvgIpc) is 2.81. The van der Waals surface area contributed by atoms with Gasteiger partial charge < -0.3 is 14.3 Å². The molecule has 6 heteroatoms. The lowest BCUT2D eigenvalue weighted by Crippen LogP contribution is -2.10. The maximum atomic E-state index is 12.1. The Morgan fingerprint density at radius 3 is 2.90 bits per heavy atom. The standard InChI is InChI=1S/C14H14N4O2/c1-8-4-5-10(20-3)9(6-8)12-16-13-11(14(19)17-12)15-7-18(13)2/h4-7H,1-3H3,(H,16,17,19). The highest BCUT2D eigenvalue weighted by atomic mass is 16.5. The summed E-state index contributed by atoms with van der Waals surface area (Å²) in [7, 11) is 3.40. The van der Waals surface area contributed by atoms with E-state index in [2.05, 4.69) is 15.0 Å². The summed E-state index contributed by atoms with van der Waals surface area (Å²) in [5, 5.41) is 0. The topological polar surface area (TPSA) is 72.8 Å². The highest BCUT2D eigenvalue weighted by Crippen LogP contribution is 2.28. The van der Waals surface area contributed by atoms with Gasteiger partial charge in [-0.3, -0.25) is 4.79 Å². The summed E-state index contributed by atoms with van der Waals surface area (Å²) in [5.74, 6) is 1.15. The molecule has 0 spiro atoms. The highest BCUT2D eigenvalue weighted by molar-refractivity contribution is 5.74. The number of nitrogens with zero attached hydrogens (tertiary/aromatic N) is 3. The molecule has 0 fully saturated rings. The van der Waals surface area contributed by atoms with E-state index in [4.69, 9.17) is 4.74 Å². The molecule has 0 amide bonds. The van der Waals surface area contributed by atoms with Crippen LogP contribution in [0.4, 0.5) is 0 Å². The minimum Gasteiger partial charge on any atom is -0.496 e. The molecule has 0 aliphatic heterocycles. The van der Waals surface area contributed by atoms with Crippen LogP contribution >= 0.6 is 0 Å². The van der Waals surface area contributed by atoms with Crippen molar-refractivity contribution in [1.82, 2.24) is 19.5 Å². The van der Waals surface area contributed by atoms with Gasteiger partial charge >= 0.3 is 0 Å². The van der Waals surface area contributed by atoms with E-state index in [1.54, 1.807) is 25.1 Å². The van der Waals surface area contributed by atoms with Gasteiger partial charge in [0.05, 0.1) is 19.0 Å². The van der Waals surface area contributed by atoms with Gasteiger partial charge in [0.15, 0.2) is 11.2 Å². The summed E-state index contributed by atoms with van der Waals surface area (Å²) in [4.78, 5) is 23.3. The van der Waals surface area contributed by atoms with E-state index in [9.17, 15) is 4.79 Å². The molecular formula is C14H14N4O2. The van der Waals surface area contributed by atoms with Crippen molar-refractivity contribution in [1.29, 1.82) is 0 Å². The molecule has 6 nitrogen and oxygen atoms in total. The number of hydrogen-bond donors (Lipinski definition) is 1. The van der Waals surface area contributed by atoms with Crippen molar-refractivity contribution < 1.29 is 4.74 Å². The monoisotopic (exact) mass is 270 g/mol. The van der Waals surface area contributed by atoms with Crippen molar-refractivity contribution in [2.45, 2.75) is 6.92 Å². The second kappa shape index (κ2) is 4.48. The first kappa shape index (κ1) is 12.4. The van der Waals surface area contributed by atoms with Crippen molar-refractivity contribution in [3.8, 4) is 17.1 Å². The van der Waals surface area contributed by atoms with E-state index in [0.29, 0.717) is 22.7 Å². The summed E-state index contributed by atoms with van der Waals surface area (Å²) >= 11 is 0. The molecule has 0 unspecified atom stereocenters. The van der Waals surface area contributed by atoms with E-state index in [1.165, 1.54) is 0 Å². The quantitative estimate of drug-likeness (QED) is 0.768. The molecule has 0 bridgehead atoms. The van der Waals surface area contributed by atoms with Crippen LogP contribution in [0, 0.1) is 6.92 Å². The predicted octanol–water partition coefficient (Wildman–Crippen LogP) is 1.64. The Balaban J connectivity index is 2.32. The second-order valence-corrected chi connectivity index (χ2v) is 4.65. The van der Waals surface area contributed by atoms with Crippen LogP contribution in [0.2, 0.25) is 0 Å². The fraction of sp³-hybridized carbons (Fsp3) is 0.214. The number of aryl methyl sites for hydroxylation is 2. The van der Waals surface area contributed by atoms with Crippen LogP contribution in [0.1, 0.15) is 5.56 Å². The molecular weight excluding hydrogens is 256 g/mol. The van der Waals surface area contributed by atoms with Crippen molar-refractivity contribution in [3.63, 3.8) is 0 Å². The van der Waals surface area contributed by atoms with Gasteiger partial charge in [-0.05, 0) is 19.1 Å². The zero-order valence-electron chi connectivity index (χ0n) is 11.5. The molecule has 102 valence electrons. The largest absolute Gasteiger partial charge is 0.496 e. The first-order valence-corrected chi connectivity index (χ1v) is 6.16. The molecule has 3 rings (SSSR count). The van der Waals surface area contributed by atoms with Crippen molar-refractivity contribution in [3.05, 3.63) is 40.4 Å². The summed E-state index contributed by atoms with van der Waals surface area (Å²) in [6.45, 7) is 1.98. The molecule has 2 heterocycles. The van der Waals surface area contributed by atoms with Crippen LogP contribution < -0.4 is 10.3 Å². The number of hydrogen-bond acceptors (Lipinski definition) is 4. The van der Waals surface area contributed by atoms with Crippen LogP contribution in [0.15, 0.2) is 29.3 Å². The third-order valence-electron chi connectivity index (χ3n) is 3.18. The lowest BCUT2D eigenvalue weighted by Gasteiger charge is -2.09. The second-order valence-electron chi connectivity index (χ2n) is 4.65. The van der Waals surface area contributed by atoms with E-state index in [1.807, 2.05) is 25.1 Å². The van der Waals surface area contributed by atoms with Gasteiger partial charge in [0.2, 0.25) is 0 Å². The van der Waals surface area contributed by atoms with E-state index < -0.39 is 0 Å². The first-order valence-electron chi connectivity index (χ1n) is 6.16. The molecule has 2 aromatic heterocycles. The third-order valence-corrected chi connectivity index (χ3v) is 3.18. The maximum Gasteiger partial charge on any atom is 0.279 e. The van der Waals surface area contributed by atoms with Crippen LogP contribution in [0.25, 0.3) is 22.6 Å². The normalized spacial score (nSPS) is 10.9. The van der Waals surface area contributed by atoms with Crippen LogP contribution in [0.5, 0.6) is 5.75 Å². The molecule has 1 aromatic carbocycles. The zero-order chi connectivity index (χ0) is 14.3. The lowest BCUT2D eigenvalue weighted by molar-refractivity contribution is 0.416. The SMILES string of the molecule is COc1ccc(C)cc1-c1nc2c(ncn2C)c(=O)[nH]1. The highest BCUT2D eigenvalue weighted by Gasteiger charge is 2.13. The number of H-pyrrole nitrogens is 1. The van der Waals surface area contributed by atoms with Gasteiger partial charge in [-0.2, -0.15) is 0 Å². The maximum absolute atomic E-state index is 12.1. The molecule has 0 atom stereocenters. The summed E-state index contributed by atoms with van der Waals surface area (Å²) < 4.78 is 7.05. The summed E-state index contributed by atoms with van der Waals surface area (Å²) in [6, 6.07) is 5.74. The Bertz CT molecular complexity index is 848.